The number of hydrogen-bond donors (Lipinski definition) is 0. The van der Waals surface area contributed by atoms with E-state index in [9.17, 15) is 35.1 Å². The molecule has 4 saturated heterocycles. The molecular weight excluding hydrogens is 1360 g/mol. The fraction of sp³-hybridized carbons (Fsp3) is 0.733. The second-order valence-corrected chi connectivity index (χ2v) is 32.5. The molecule has 4 heterocycles. The Labute approximate surface area is 632 Å². The summed E-state index contributed by atoms with van der Waals surface area (Å²) in [5, 5.41) is 0. The number of benzene rings is 4. The van der Waals surface area contributed by atoms with E-state index in [1.54, 1.807) is 52.0 Å². The molecule has 106 heavy (non-hydrogen) atoms. The SMILES string of the molecule is CCCC1CCC(C2CCC(c3ccc(OCC)c(F)c3F)OC2)CC1.CCCCC1CCC(C2CCC(c3ccc(OCC)c(F)c3F)OC2)CC1.CCCCCC1CCC(C2CCC(c3ccc(OCC)c(F)c3F)OC2)CC1.CCOc1ccc(C2CCC(C3CCC(CC)CC3)CO2)c(F)c1F. The molecule has 16 heteroatoms. The molecule has 0 spiro atoms. The van der Waals surface area contributed by atoms with Crippen molar-refractivity contribution in [1.29, 1.82) is 0 Å². The highest BCUT2D eigenvalue weighted by atomic mass is 19.2. The maximum Gasteiger partial charge on any atom is 0.200 e. The monoisotopic (exact) mass is 1490 g/mol. The Balaban J connectivity index is 0.000000164. The topological polar surface area (TPSA) is 73.8 Å². The van der Waals surface area contributed by atoms with E-state index in [0.717, 1.165) is 98.7 Å². The van der Waals surface area contributed by atoms with Crippen LogP contribution >= 0.6 is 0 Å². The smallest absolute Gasteiger partial charge is 0.200 e. The summed E-state index contributed by atoms with van der Waals surface area (Å²) in [6, 6.07) is 12.5. The minimum Gasteiger partial charge on any atom is -0.491 e. The molecule has 0 amide bonds. The van der Waals surface area contributed by atoms with Crippen LogP contribution in [0, 0.1) is 118 Å². The zero-order valence-corrected chi connectivity index (χ0v) is 65.8. The summed E-state index contributed by atoms with van der Waals surface area (Å²) in [6.07, 6.45) is 40.5. The first-order valence-electron chi connectivity index (χ1n) is 42.4. The molecule has 0 bridgehead atoms. The molecule has 12 rings (SSSR count). The van der Waals surface area contributed by atoms with E-state index in [2.05, 4.69) is 27.7 Å². The fourth-order valence-electron chi connectivity index (χ4n) is 19.3. The predicted molar refractivity (Wildman–Crippen MR) is 406 cm³/mol. The van der Waals surface area contributed by atoms with Gasteiger partial charge >= 0.3 is 0 Å². The third kappa shape index (κ3) is 23.7. The standard InChI is InChI=1S/C24H36F2O2.C23H34F2O2.C22H32F2O2.C21H30F2O2/c1-3-5-6-7-17-8-10-18(11-9-17)19-12-14-21(28-16-19)20-13-15-22(27-4-2)24(26)23(20)25;1-3-5-6-16-7-9-17(10-8-16)18-11-13-20(27-15-18)19-12-14-21(26-4-2)23(25)22(19)24;1-3-5-15-6-8-16(9-7-15)17-10-12-19(26-14-17)18-11-13-20(25-4-2)22(24)21(18)23;1-3-14-5-7-15(8-6-14)16-9-11-18(25-13-16)17-10-12-19(24-4-2)21(23)20(17)22/h13,15,17-19,21H,3-12,14,16H2,1-2H3;12,14,16-18,20H,3-11,13,15H2,1-2H3;11,13,15-17,19H,3-10,12,14H2,1-2H3;10,12,14-16,18H,3-9,11,13H2,1-2H3. The number of hydrogen-bond acceptors (Lipinski definition) is 8. The van der Waals surface area contributed by atoms with Crippen molar-refractivity contribution in [2.24, 2.45) is 71.0 Å². The first kappa shape index (κ1) is 85.4. The minimum atomic E-state index is -0.900. The van der Waals surface area contributed by atoms with Gasteiger partial charge in [-0.25, -0.2) is 17.6 Å². The second-order valence-electron chi connectivity index (χ2n) is 32.5. The van der Waals surface area contributed by atoms with Crippen LogP contribution in [0.3, 0.4) is 0 Å². The Hall–Kier alpha value is -4.64. The molecule has 8 atom stereocenters. The number of ether oxygens (including phenoxy) is 8. The summed E-state index contributed by atoms with van der Waals surface area (Å²) in [7, 11) is 0. The molecule has 8 aliphatic rings. The molecule has 8 fully saturated rings. The first-order valence-corrected chi connectivity index (χ1v) is 42.4. The highest BCUT2D eigenvalue weighted by Crippen LogP contribution is 2.48. The lowest BCUT2D eigenvalue weighted by molar-refractivity contribution is -0.0422. The summed E-state index contributed by atoms with van der Waals surface area (Å²) >= 11 is 0. The Kier molecular flexibility index (Phi) is 35.8. The van der Waals surface area contributed by atoms with Crippen molar-refractivity contribution >= 4 is 0 Å². The molecule has 0 radical (unpaired) electrons. The Morgan fingerprint density at radius 2 is 0.500 bits per heavy atom. The largest absolute Gasteiger partial charge is 0.491 e. The summed E-state index contributed by atoms with van der Waals surface area (Å²) < 4.78 is 159. The van der Waals surface area contributed by atoms with Gasteiger partial charge < -0.3 is 37.9 Å². The maximum absolute atomic E-state index is 14.5. The van der Waals surface area contributed by atoms with Gasteiger partial charge in [0.2, 0.25) is 23.3 Å². The van der Waals surface area contributed by atoms with E-state index in [-0.39, 0.29) is 47.4 Å². The number of unbranched alkanes of at least 4 members (excludes halogenated alkanes) is 3. The predicted octanol–water partition coefficient (Wildman–Crippen LogP) is 26.5. The zero-order valence-electron chi connectivity index (χ0n) is 65.8. The van der Waals surface area contributed by atoms with Crippen molar-refractivity contribution in [2.45, 2.75) is 298 Å². The normalized spacial score (nSPS) is 29.2. The van der Waals surface area contributed by atoms with Crippen molar-refractivity contribution in [1.82, 2.24) is 0 Å². The van der Waals surface area contributed by atoms with Crippen LogP contribution in [0.25, 0.3) is 0 Å². The van der Waals surface area contributed by atoms with Crippen LogP contribution in [0.15, 0.2) is 48.5 Å². The molecule has 4 aliphatic heterocycles. The van der Waals surface area contributed by atoms with Crippen molar-refractivity contribution in [3.05, 3.63) is 117 Å². The average Bonchev–Trinajstić information content (AvgIpc) is 0.820. The molecule has 596 valence electrons. The van der Waals surface area contributed by atoms with Gasteiger partial charge in [0.15, 0.2) is 46.3 Å². The maximum atomic E-state index is 14.5. The van der Waals surface area contributed by atoms with E-state index in [1.807, 2.05) is 0 Å². The van der Waals surface area contributed by atoms with Crippen molar-refractivity contribution in [3.63, 3.8) is 0 Å². The molecular formula is C90H132F8O8. The third-order valence-corrected chi connectivity index (χ3v) is 25.8. The van der Waals surface area contributed by atoms with E-state index in [4.69, 9.17) is 37.9 Å². The molecule has 4 aromatic carbocycles. The van der Waals surface area contributed by atoms with Gasteiger partial charge in [-0.05, 0) is 250 Å². The van der Waals surface area contributed by atoms with Crippen LogP contribution in [-0.4, -0.2) is 52.9 Å². The summed E-state index contributed by atoms with van der Waals surface area (Å²) in [5.74, 6) is 1.94. The van der Waals surface area contributed by atoms with E-state index < -0.39 is 46.5 Å². The van der Waals surface area contributed by atoms with E-state index in [1.165, 1.54) is 191 Å². The summed E-state index contributed by atoms with van der Waals surface area (Å²) in [6.45, 7) is 20.0. The molecule has 0 N–H and O–H groups in total. The fourth-order valence-corrected chi connectivity index (χ4v) is 19.3. The second kappa shape index (κ2) is 44.4. The van der Waals surface area contributed by atoms with Crippen LogP contribution < -0.4 is 18.9 Å². The van der Waals surface area contributed by atoms with Gasteiger partial charge in [0.25, 0.3) is 0 Å². The molecule has 4 saturated carbocycles. The number of rotatable bonds is 26. The van der Waals surface area contributed by atoms with E-state index >= 15 is 0 Å². The van der Waals surface area contributed by atoms with Gasteiger partial charge in [-0.1, -0.05) is 143 Å². The van der Waals surface area contributed by atoms with Gasteiger partial charge in [0, 0.05) is 22.3 Å². The van der Waals surface area contributed by atoms with E-state index in [0.29, 0.717) is 98.8 Å². The lowest BCUT2D eigenvalue weighted by Crippen LogP contribution is -2.30. The summed E-state index contributed by atoms with van der Waals surface area (Å²) in [5.41, 5.74) is 1.32. The van der Waals surface area contributed by atoms with Crippen LogP contribution in [0.5, 0.6) is 23.0 Å². The zero-order chi connectivity index (χ0) is 75.5. The van der Waals surface area contributed by atoms with Crippen molar-refractivity contribution in [2.75, 3.05) is 52.9 Å². The Morgan fingerprint density at radius 3 is 0.726 bits per heavy atom. The molecule has 0 aromatic heterocycles. The quantitative estimate of drug-likeness (QED) is 0.0455. The van der Waals surface area contributed by atoms with Gasteiger partial charge in [-0.3, -0.25) is 0 Å². The lowest BCUT2D eigenvalue weighted by Gasteiger charge is -2.38. The molecule has 4 aliphatic carbocycles. The first-order chi connectivity index (χ1) is 51.5. The Bertz CT molecular complexity index is 3160. The van der Waals surface area contributed by atoms with Gasteiger partial charge in [0.1, 0.15) is 0 Å². The average molecular weight is 1490 g/mol. The lowest BCUT2D eigenvalue weighted by atomic mass is 9.72. The van der Waals surface area contributed by atoms with Crippen LogP contribution in [0.2, 0.25) is 0 Å². The third-order valence-electron chi connectivity index (χ3n) is 25.8. The molecule has 8 unspecified atom stereocenters. The minimum absolute atomic E-state index is 0.0202. The van der Waals surface area contributed by atoms with Crippen LogP contribution in [0.4, 0.5) is 35.1 Å². The number of halogens is 8. The highest BCUT2D eigenvalue weighted by molar-refractivity contribution is 5.36. The molecule has 8 nitrogen and oxygen atoms in total. The van der Waals surface area contributed by atoms with Gasteiger partial charge in [-0.2, -0.15) is 17.6 Å². The van der Waals surface area contributed by atoms with Crippen LogP contribution in [-0.2, 0) is 18.9 Å². The Morgan fingerprint density at radius 1 is 0.255 bits per heavy atom. The highest BCUT2D eigenvalue weighted by Gasteiger charge is 2.39. The van der Waals surface area contributed by atoms with Gasteiger partial charge in [0.05, 0.1) is 77.3 Å². The van der Waals surface area contributed by atoms with Gasteiger partial charge in [-0.15, -0.1) is 0 Å². The summed E-state index contributed by atoms with van der Waals surface area (Å²) in [4.78, 5) is 0. The van der Waals surface area contributed by atoms with Crippen LogP contribution in [0.1, 0.15) is 320 Å². The molecule has 4 aromatic rings. The van der Waals surface area contributed by atoms with Crippen molar-refractivity contribution in [3.8, 4) is 23.0 Å². The van der Waals surface area contributed by atoms with Crippen molar-refractivity contribution < 1.29 is 73.0 Å².